The van der Waals surface area contributed by atoms with Crippen LogP contribution >= 0.6 is 0 Å². The van der Waals surface area contributed by atoms with Gasteiger partial charge in [0, 0.05) is 25.8 Å². The number of nitrogens with one attached hydrogen (secondary N) is 1. The van der Waals surface area contributed by atoms with Crippen molar-refractivity contribution < 1.29 is 24.2 Å². The van der Waals surface area contributed by atoms with Crippen LogP contribution in [0.15, 0.2) is 18.2 Å². The quantitative estimate of drug-likeness (QED) is 0.775. The van der Waals surface area contributed by atoms with Crippen LogP contribution in [0.4, 0.5) is 0 Å². The van der Waals surface area contributed by atoms with Gasteiger partial charge >= 0.3 is 5.97 Å². The molecule has 2 N–H and O–H groups in total. The molecule has 22 heavy (non-hydrogen) atoms. The average molecular weight is 308 g/mol. The van der Waals surface area contributed by atoms with E-state index in [0.717, 1.165) is 6.54 Å². The second-order valence-corrected chi connectivity index (χ2v) is 5.34. The topological polar surface area (TPSA) is 88.1 Å². The Kier molecular flexibility index (Phi) is 4.99. The van der Waals surface area contributed by atoms with Crippen LogP contribution in [0.3, 0.4) is 0 Å². The standard InChI is InChI=1S/C15H20N2O5/c1-17-7-12(13(8-17)21-2)16-14(19)9-4-10(15(20)22-3)6-11(18)5-9/h4-6,12-13,18H,7-8H2,1-3H3,(H,16,19)/t12-,13-/m0/s1. The Morgan fingerprint density at radius 1 is 1.23 bits per heavy atom. The zero-order valence-corrected chi connectivity index (χ0v) is 12.8. The van der Waals surface area contributed by atoms with Crippen molar-refractivity contribution in [1.82, 2.24) is 10.2 Å². The summed E-state index contributed by atoms with van der Waals surface area (Å²) in [6.45, 7) is 1.40. The third-order valence-electron chi connectivity index (χ3n) is 3.67. The second-order valence-electron chi connectivity index (χ2n) is 5.34. The monoisotopic (exact) mass is 308 g/mol. The lowest BCUT2D eigenvalue weighted by atomic mass is 10.1. The molecule has 0 aromatic heterocycles. The summed E-state index contributed by atoms with van der Waals surface area (Å²) in [5, 5.41) is 12.5. The van der Waals surface area contributed by atoms with Gasteiger partial charge in [0.25, 0.3) is 5.91 Å². The normalized spacial score (nSPS) is 21.6. The Bertz CT molecular complexity index is 575. The van der Waals surface area contributed by atoms with E-state index in [1.165, 1.54) is 25.3 Å². The number of hydrogen-bond donors (Lipinski definition) is 2. The Hall–Kier alpha value is -2.12. The molecule has 1 heterocycles. The number of hydrogen-bond acceptors (Lipinski definition) is 6. The van der Waals surface area contributed by atoms with Crippen LogP contribution in [0.2, 0.25) is 0 Å². The number of aromatic hydroxyl groups is 1. The Morgan fingerprint density at radius 3 is 2.55 bits per heavy atom. The molecule has 2 rings (SSSR count). The number of amides is 1. The van der Waals surface area contributed by atoms with E-state index < -0.39 is 5.97 Å². The number of nitrogens with zero attached hydrogens (tertiary/aromatic N) is 1. The number of rotatable bonds is 4. The molecule has 1 aliphatic heterocycles. The lowest BCUT2D eigenvalue weighted by molar-refractivity contribution is 0.0600. The van der Waals surface area contributed by atoms with Crippen LogP contribution in [0.1, 0.15) is 20.7 Å². The van der Waals surface area contributed by atoms with Crippen molar-refractivity contribution in [3.63, 3.8) is 0 Å². The van der Waals surface area contributed by atoms with Crippen molar-refractivity contribution in [2.75, 3.05) is 34.4 Å². The Labute approximate surface area is 128 Å². The molecule has 1 aromatic carbocycles. The smallest absolute Gasteiger partial charge is 0.338 e. The molecule has 0 aliphatic carbocycles. The number of carbonyl (C=O) groups excluding carboxylic acids is 2. The fourth-order valence-corrected chi connectivity index (χ4v) is 2.57. The molecule has 1 amide bonds. The van der Waals surface area contributed by atoms with Gasteiger partial charge in [-0.2, -0.15) is 0 Å². The van der Waals surface area contributed by atoms with Crippen LogP contribution in [0.25, 0.3) is 0 Å². The summed E-state index contributed by atoms with van der Waals surface area (Å²) in [5.74, 6) is -1.15. The maximum absolute atomic E-state index is 12.3. The first kappa shape index (κ1) is 16.3. The lowest BCUT2D eigenvalue weighted by Crippen LogP contribution is -2.43. The molecule has 1 aromatic rings. The van der Waals surface area contributed by atoms with E-state index in [0.29, 0.717) is 6.54 Å². The molecule has 1 saturated heterocycles. The third kappa shape index (κ3) is 3.55. The second kappa shape index (κ2) is 6.76. The largest absolute Gasteiger partial charge is 0.508 e. The van der Waals surface area contributed by atoms with Gasteiger partial charge in [0.15, 0.2) is 0 Å². The molecule has 1 aliphatic rings. The van der Waals surface area contributed by atoms with Gasteiger partial charge in [-0.15, -0.1) is 0 Å². The number of phenolic OH excluding ortho intramolecular Hbond substituents is 1. The molecule has 7 heteroatoms. The zero-order valence-electron chi connectivity index (χ0n) is 12.8. The summed E-state index contributed by atoms with van der Waals surface area (Å²) < 4.78 is 9.95. The number of ether oxygens (including phenoxy) is 2. The van der Waals surface area contributed by atoms with E-state index in [1.54, 1.807) is 7.11 Å². The zero-order chi connectivity index (χ0) is 16.3. The predicted molar refractivity (Wildman–Crippen MR) is 79.0 cm³/mol. The third-order valence-corrected chi connectivity index (χ3v) is 3.67. The van der Waals surface area contributed by atoms with E-state index in [4.69, 9.17) is 4.74 Å². The van der Waals surface area contributed by atoms with Crippen molar-refractivity contribution >= 4 is 11.9 Å². The van der Waals surface area contributed by atoms with Crippen LogP contribution < -0.4 is 5.32 Å². The number of phenols is 1. The molecule has 0 bridgehead atoms. The van der Waals surface area contributed by atoms with Crippen LogP contribution in [-0.4, -0.2) is 68.4 Å². The summed E-state index contributed by atoms with van der Waals surface area (Å²) in [5.41, 5.74) is 0.323. The summed E-state index contributed by atoms with van der Waals surface area (Å²) in [6.07, 6.45) is -0.0914. The molecule has 7 nitrogen and oxygen atoms in total. The van der Waals surface area contributed by atoms with Crippen LogP contribution in [0.5, 0.6) is 5.75 Å². The Morgan fingerprint density at radius 2 is 1.91 bits per heavy atom. The van der Waals surface area contributed by atoms with Gasteiger partial charge in [0.1, 0.15) is 5.75 Å². The summed E-state index contributed by atoms with van der Waals surface area (Å²) in [6, 6.07) is 3.81. The predicted octanol–water partition coefficient (Wildman–Crippen LogP) is 0.238. The van der Waals surface area contributed by atoms with E-state index >= 15 is 0 Å². The van der Waals surface area contributed by atoms with Gasteiger partial charge in [0.2, 0.25) is 0 Å². The van der Waals surface area contributed by atoms with Gasteiger partial charge in [-0.05, 0) is 25.2 Å². The summed E-state index contributed by atoms with van der Waals surface area (Å²) in [4.78, 5) is 25.9. The fourth-order valence-electron chi connectivity index (χ4n) is 2.57. The van der Waals surface area contributed by atoms with Crippen molar-refractivity contribution in [3.8, 4) is 5.75 Å². The Balaban J connectivity index is 2.16. The van der Waals surface area contributed by atoms with E-state index in [1.807, 2.05) is 7.05 Å². The summed E-state index contributed by atoms with van der Waals surface area (Å²) >= 11 is 0. The number of methoxy groups -OCH3 is 2. The average Bonchev–Trinajstić information content (AvgIpc) is 2.85. The molecular formula is C15H20N2O5. The molecule has 0 saturated carbocycles. The molecule has 120 valence electrons. The van der Waals surface area contributed by atoms with Gasteiger partial charge in [0.05, 0.1) is 24.8 Å². The minimum absolute atomic E-state index is 0.0914. The molecule has 0 radical (unpaired) electrons. The minimum Gasteiger partial charge on any atom is -0.508 e. The van der Waals surface area contributed by atoms with E-state index in [2.05, 4.69) is 15.0 Å². The summed E-state index contributed by atoms with van der Waals surface area (Å²) in [7, 11) is 4.79. The number of esters is 1. The van der Waals surface area contributed by atoms with Gasteiger partial charge in [-0.25, -0.2) is 4.79 Å². The maximum Gasteiger partial charge on any atom is 0.338 e. The molecular weight excluding hydrogens is 288 g/mol. The highest BCUT2D eigenvalue weighted by Gasteiger charge is 2.32. The highest BCUT2D eigenvalue weighted by molar-refractivity contribution is 5.98. The van der Waals surface area contributed by atoms with Gasteiger partial charge in [-0.1, -0.05) is 0 Å². The first-order valence-corrected chi connectivity index (χ1v) is 6.89. The number of carbonyl (C=O) groups is 2. The number of benzene rings is 1. The van der Waals surface area contributed by atoms with Crippen molar-refractivity contribution in [1.29, 1.82) is 0 Å². The number of likely N-dealkylation sites (N-methyl/N-ethyl adjacent to an activating group) is 1. The van der Waals surface area contributed by atoms with Crippen molar-refractivity contribution in [3.05, 3.63) is 29.3 Å². The molecule has 2 atom stereocenters. The molecule has 0 spiro atoms. The van der Waals surface area contributed by atoms with Gasteiger partial charge < -0.3 is 24.8 Å². The van der Waals surface area contributed by atoms with Crippen molar-refractivity contribution in [2.24, 2.45) is 0 Å². The van der Waals surface area contributed by atoms with Crippen molar-refractivity contribution in [2.45, 2.75) is 12.1 Å². The first-order chi connectivity index (χ1) is 10.4. The van der Waals surface area contributed by atoms with E-state index in [-0.39, 0.29) is 34.9 Å². The van der Waals surface area contributed by atoms with E-state index in [9.17, 15) is 14.7 Å². The highest BCUT2D eigenvalue weighted by atomic mass is 16.5. The highest BCUT2D eigenvalue weighted by Crippen LogP contribution is 2.18. The first-order valence-electron chi connectivity index (χ1n) is 6.89. The van der Waals surface area contributed by atoms with Gasteiger partial charge in [-0.3, -0.25) is 4.79 Å². The van der Waals surface area contributed by atoms with Crippen LogP contribution in [-0.2, 0) is 9.47 Å². The minimum atomic E-state index is -0.611. The number of likely N-dealkylation sites (tertiary alicyclic amines) is 1. The lowest BCUT2D eigenvalue weighted by Gasteiger charge is -2.18. The SMILES string of the molecule is COC(=O)c1cc(O)cc(C(=O)N[C@H]2CN(C)C[C@@H]2OC)c1. The fraction of sp³-hybridized carbons (Fsp3) is 0.467. The molecule has 1 fully saturated rings. The molecule has 0 unspecified atom stereocenters. The van der Waals surface area contributed by atoms with Crippen LogP contribution in [0, 0.1) is 0 Å². The maximum atomic E-state index is 12.3.